The number of rotatable bonds is 9. The van der Waals surface area contributed by atoms with Crippen LogP contribution in [0.1, 0.15) is 17.7 Å². The SMILES string of the molecule is COCCCNC(=O)/C(C#N)=C/c1ccc(OCc2ccccn2)cc1. The molecule has 1 N–H and O–H groups in total. The van der Waals surface area contributed by atoms with E-state index in [1.165, 1.54) is 0 Å². The first-order chi connectivity index (χ1) is 12.7. The summed E-state index contributed by atoms with van der Waals surface area (Å²) in [6, 6.07) is 14.8. The van der Waals surface area contributed by atoms with Crippen molar-refractivity contribution < 1.29 is 14.3 Å². The smallest absolute Gasteiger partial charge is 0.261 e. The molecule has 1 amide bonds. The van der Waals surface area contributed by atoms with Gasteiger partial charge in [-0.3, -0.25) is 9.78 Å². The topological polar surface area (TPSA) is 84.2 Å². The number of methoxy groups -OCH3 is 1. The number of amides is 1. The second-order valence-electron chi connectivity index (χ2n) is 5.45. The Morgan fingerprint density at radius 3 is 2.73 bits per heavy atom. The van der Waals surface area contributed by atoms with Crippen LogP contribution in [0, 0.1) is 11.3 Å². The summed E-state index contributed by atoms with van der Waals surface area (Å²) < 4.78 is 10.6. The van der Waals surface area contributed by atoms with Gasteiger partial charge in [0, 0.05) is 26.5 Å². The molecular weight excluding hydrogens is 330 g/mol. The molecule has 6 nitrogen and oxygen atoms in total. The van der Waals surface area contributed by atoms with Crippen molar-refractivity contribution in [2.24, 2.45) is 0 Å². The van der Waals surface area contributed by atoms with Crippen LogP contribution in [0.5, 0.6) is 5.75 Å². The number of carbonyl (C=O) groups is 1. The van der Waals surface area contributed by atoms with Crippen molar-refractivity contribution in [1.82, 2.24) is 10.3 Å². The molecule has 0 saturated heterocycles. The maximum absolute atomic E-state index is 12.0. The highest BCUT2D eigenvalue weighted by Crippen LogP contribution is 2.15. The van der Waals surface area contributed by atoms with E-state index < -0.39 is 0 Å². The fraction of sp³-hybridized carbons (Fsp3) is 0.250. The molecule has 26 heavy (non-hydrogen) atoms. The van der Waals surface area contributed by atoms with Crippen molar-refractivity contribution >= 4 is 12.0 Å². The first-order valence-electron chi connectivity index (χ1n) is 8.24. The molecule has 1 heterocycles. The molecule has 0 spiro atoms. The Labute approximate surface area is 153 Å². The summed E-state index contributed by atoms with van der Waals surface area (Å²) in [6.45, 7) is 1.40. The van der Waals surface area contributed by atoms with Gasteiger partial charge in [-0.25, -0.2) is 0 Å². The normalized spacial score (nSPS) is 10.8. The van der Waals surface area contributed by atoms with E-state index in [2.05, 4.69) is 10.3 Å². The lowest BCUT2D eigenvalue weighted by molar-refractivity contribution is -0.117. The van der Waals surface area contributed by atoms with Gasteiger partial charge in [-0.2, -0.15) is 5.26 Å². The van der Waals surface area contributed by atoms with Crippen molar-refractivity contribution in [1.29, 1.82) is 5.26 Å². The number of hydrogen-bond acceptors (Lipinski definition) is 5. The van der Waals surface area contributed by atoms with Gasteiger partial charge in [0.1, 0.15) is 24.0 Å². The lowest BCUT2D eigenvalue weighted by Crippen LogP contribution is -2.26. The molecule has 0 saturated carbocycles. The average molecular weight is 351 g/mol. The molecule has 0 aliphatic heterocycles. The number of aromatic nitrogens is 1. The Balaban J connectivity index is 1.92. The minimum Gasteiger partial charge on any atom is -0.487 e. The van der Waals surface area contributed by atoms with Gasteiger partial charge in [-0.15, -0.1) is 0 Å². The number of pyridine rings is 1. The molecule has 0 bridgehead atoms. The highest BCUT2D eigenvalue weighted by Gasteiger charge is 2.08. The number of nitriles is 1. The predicted octanol–water partition coefficient (Wildman–Crippen LogP) is 2.72. The second-order valence-corrected chi connectivity index (χ2v) is 5.45. The van der Waals surface area contributed by atoms with E-state index in [0.29, 0.717) is 31.9 Å². The molecule has 6 heteroatoms. The minimum absolute atomic E-state index is 0.0598. The summed E-state index contributed by atoms with van der Waals surface area (Å²) in [5.41, 5.74) is 1.65. The van der Waals surface area contributed by atoms with Crippen molar-refractivity contribution in [2.75, 3.05) is 20.3 Å². The van der Waals surface area contributed by atoms with E-state index in [-0.39, 0.29) is 11.5 Å². The molecule has 0 aliphatic rings. The number of nitrogens with one attached hydrogen (secondary N) is 1. The predicted molar refractivity (Wildman–Crippen MR) is 98.1 cm³/mol. The van der Waals surface area contributed by atoms with Crippen molar-refractivity contribution in [2.45, 2.75) is 13.0 Å². The van der Waals surface area contributed by atoms with Crippen molar-refractivity contribution in [3.05, 3.63) is 65.5 Å². The molecule has 0 radical (unpaired) electrons. The summed E-state index contributed by atoms with van der Waals surface area (Å²) in [5.74, 6) is 0.300. The van der Waals surface area contributed by atoms with E-state index >= 15 is 0 Å². The molecule has 1 aromatic heterocycles. The van der Waals surface area contributed by atoms with Crippen LogP contribution in [0.15, 0.2) is 54.2 Å². The number of nitrogens with zero attached hydrogens (tertiary/aromatic N) is 2. The fourth-order valence-electron chi connectivity index (χ4n) is 2.13. The Morgan fingerprint density at radius 1 is 1.27 bits per heavy atom. The molecule has 0 fully saturated rings. The van der Waals surface area contributed by atoms with E-state index in [4.69, 9.17) is 9.47 Å². The van der Waals surface area contributed by atoms with Gasteiger partial charge in [0.15, 0.2) is 0 Å². The molecule has 2 rings (SSSR count). The lowest BCUT2D eigenvalue weighted by Gasteiger charge is -2.06. The van der Waals surface area contributed by atoms with Gasteiger partial charge in [-0.1, -0.05) is 18.2 Å². The standard InChI is InChI=1S/C20H21N3O3/c1-25-12-4-11-23-20(24)17(14-21)13-16-6-8-19(9-7-16)26-15-18-5-2-3-10-22-18/h2-3,5-10,13H,4,11-12,15H2,1H3,(H,23,24)/b17-13+. The Morgan fingerprint density at radius 2 is 2.08 bits per heavy atom. The van der Waals surface area contributed by atoms with Crippen LogP contribution in [-0.4, -0.2) is 31.2 Å². The molecule has 0 atom stereocenters. The van der Waals surface area contributed by atoms with Gasteiger partial charge in [0.05, 0.1) is 5.69 Å². The van der Waals surface area contributed by atoms with E-state index in [1.807, 2.05) is 24.3 Å². The van der Waals surface area contributed by atoms with Gasteiger partial charge in [0.25, 0.3) is 5.91 Å². The number of benzene rings is 1. The highest BCUT2D eigenvalue weighted by molar-refractivity contribution is 6.01. The summed E-state index contributed by atoms with van der Waals surface area (Å²) in [6.07, 6.45) is 3.97. The van der Waals surface area contributed by atoms with E-state index in [0.717, 1.165) is 11.3 Å². The summed E-state index contributed by atoms with van der Waals surface area (Å²) in [5, 5.41) is 11.9. The van der Waals surface area contributed by atoms with Gasteiger partial charge in [0.2, 0.25) is 0 Å². The van der Waals surface area contributed by atoms with Crippen LogP contribution in [0.2, 0.25) is 0 Å². The third kappa shape index (κ3) is 6.38. The largest absolute Gasteiger partial charge is 0.487 e. The third-order valence-corrected chi connectivity index (χ3v) is 3.48. The van der Waals surface area contributed by atoms with Crippen LogP contribution in [0.4, 0.5) is 0 Å². The molecular formula is C20H21N3O3. The van der Waals surface area contributed by atoms with Crippen molar-refractivity contribution in [3.8, 4) is 11.8 Å². The quantitative estimate of drug-likeness (QED) is 0.427. The summed E-state index contributed by atoms with van der Waals surface area (Å²) in [7, 11) is 1.60. The van der Waals surface area contributed by atoms with Crippen LogP contribution in [0.3, 0.4) is 0 Å². The first kappa shape index (κ1) is 19.2. The highest BCUT2D eigenvalue weighted by atomic mass is 16.5. The number of hydrogen-bond donors (Lipinski definition) is 1. The first-order valence-corrected chi connectivity index (χ1v) is 8.24. The fourth-order valence-corrected chi connectivity index (χ4v) is 2.13. The molecule has 0 unspecified atom stereocenters. The number of carbonyl (C=O) groups excluding carboxylic acids is 1. The van der Waals surface area contributed by atoms with E-state index in [9.17, 15) is 10.1 Å². The maximum atomic E-state index is 12.0. The molecule has 2 aromatic rings. The Hall–Kier alpha value is -3.17. The van der Waals surface area contributed by atoms with Crippen LogP contribution in [-0.2, 0) is 16.1 Å². The van der Waals surface area contributed by atoms with Gasteiger partial charge >= 0.3 is 0 Å². The van der Waals surface area contributed by atoms with Gasteiger partial charge in [-0.05, 0) is 42.3 Å². The van der Waals surface area contributed by atoms with Crippen LogP contribution in [0.25, 0.3) is 6.08 Å². The Bertz CT molecular complexity index is 765. The monoisotopic (exact) mass is 351 g/mol. The zero-order chi connectivity index (χ0) is 18.6. The van der Waals surface area contributed by atoms with Crippen LogP contribution >= 0.6 is 0 Å². The molecule has 1 aromatic carbocycles. The minimum atomic E-state index is -0.390. The van der Waals surface area contributed by atoms with Crippen LogP contribution < -0.4 is 10.1 Å². The third-order valence-electron chi connectivity index (χ3n) is 3.48. The Kier molecular flexibility index (Phi) is 7.84. The lowest BCUT2D eigenvalue weighted by atomic mass is 10.1. The summed E-state index contributed by atoms with van der Waals surface area (Å²) in [4.78, 5) is 16.2. The maximum Gasteiger partial charge on any atom is 0.261 e. The zero-order valence-electron chi connectivity index (χ0n) is 14.6. The average Bonchev–Trinajstić information content (AvgIpc) is 2.69. The number of ether oxygens (including phenoxy) is 2. The summed E-state index contributed by atoms with van der Waals surface area (Å²) >= 11 is 0. The second kappa shape index (κ2) is 10.6. The van der Waals surface area contributed by atoms with Crippen molar-refractivity contribution in [3.63, 3.8) is 0 Å². The molecule has 0 aliphatic carbocycles. The zero-order valence-corrected chi connectivity index (χ0v) is 14.6. The van der Waals surface area contributed by atoms with Gasteiger partial charge < -0.3 is 14.8 Å². The molecule has 134 valence electrons. The van der Waals surface area contributed by atoms with E-state index in [1.54, 1.807) is 43.6 Å².